The number of phenols is 1. The number of amides is 6. The van der Waals surface area contributed by atoms with Crippen LogP contribution in [0.5, 0.6) is 5.75 Å². The number of hydrogen-bond acceptors (Lipinski definition) is 12. The summed E-state index contributed by atoms with van der Waals surface area (Å²) in [6.45, 7) is 2.37. The Hall–Kier alpha value is -5.93. The van der Waals surface area contributed by atoms with Crippen molar-refractivity contribution >= 4 is 60.0 Å². The minimum absolute atomic E-state index is 0.0466. The van der Waals surface area contributed by atoms with E-state index in [1.54, 1.807) is 44.2 Å². The molecule has 0 radical (unpaired) electrons. The number of rotatable bonds is 25. The van der Waals surface area contributed by atoms with Crippen LogP contribution >= 0.6 is 12.6 Å². The van der Waals surface area contributed by atoms with Gasteiger partial charge in [0.25, 0.3) is 0 Å². The summed E-state index contributed by atoms with van der Waals surface area (Å²) in [5.41, 5.74) is 12.1. The van der Waals surface area contributed by atoms with E-state index in [4.69, 9.17) is 22.0 Å². The number of nitrogens with two attached hydrogens (primary N) is 2. The lowest BCUT2D eigenvalue weighted by Crippen LogP contribution is -2.60. The van der Waals surface area contributed by atoms with Gasteiger partial charge in [0.2, 0.25) is 35.4 Å². The molecule has 0 spiro atoms. The largest absolute Gasteiger partial charge is 0.508 e. The van der Waals surface area contributed by atoms with Crippen molar-refractivity contribution in [3.05, 3.63) is 65.7 Å². The fourth-order valence-electron chi connectivity index (χ4n) is 5.57. The minimum Gasteiger partial charge on any atom is -0.508 e. The van der Waals surface area contributed by atoms with Gasteiger partial charge >= 0.3 is 5.97 Å². The van der Waals surface area contributed by atoms with E-state index in [0.29, 0.717) is 11.1 Å². The van der Waals surface area contributed by atoms with E-state index in [9.17, 15) is 43.8 Å². The van der Waals surface area contributed by atoms with Crippen molar-refractivity contribution in [2.24, 2.45) is 17.4 Å². The van der Waals surface area contributed by atoms with Crippen molar-refractivity contribution in [1.29, 1.82) is 5.41 Å². The van der Waals surface area contributed by atoms with Crippen molar-refractivity contribution in [3.63, 3.8) is 0 Å². The van der Waals surface area contributed by atoms with Gasteiger partial charge in [-0.15, -0.1) is 0 Å². The number of carbonyl (C=O) groups excluding carboxylic acids is 6. The van der Waals surface area contributed by atoms with E-state index in [1.807, 2.05) is 0 Å². The van der Waals surface area contributed by atoms with Crippen LogP contribution in [0.1, 0.15) is 44.2 Å². The summed E-state index contributed by atoms with van der Waals surface area (Å²) in [5.74, 6) is -6.85. The zero-order valence-corrected chi connectivity index (χ0v) is 33.8. The number of benzene rings is 2. The summed E-state index contributed by atoms with van der Waals surface area (Å²) in [6.07, 6.45) is 0.0732. The van der Waals surface area contributed by atoms with Crippen LogP contribution in [0.4, 0.5) is 0 Å². The fraction of sp³-hybridized carbons (Fsp3) is 0.474. The molecule has 21 heteroatoms. The van der Waals surface area contributed by atoms with Crippen molar-refractivity contribution in [2.45, 2.75) is 82.2 Å². The van der Waals surface area contributed by atoms with Gasteiger partial charge in [-0.05, 0) is 48.4 Å². The molecule has 6 amide bonds. The fourth-order valence-corrected chi connectivity index (χ4v) is 5.83. The third kappa shape index (κ3) is 18.5. The van der Waals surface area contributed by atoms with Crippen LogP contribution in [0, 0.1) is 11.3 Å². The number of nitrogens with one attached hydrogen (secondary N) is 8. The SMILES string of the molecule is CC(C)C[C@H](NC(=O)[C@H](Cc1ccccc1)NC(=O)[C@H](Cc1ccc(O)cc1)NC(=O)[C@H](CCCNC(=N)N)NC(=O)[C@H](CS)NC(=O)[C@@H](N)CO)C(=O)NCC(=O)O. The molecule has 6 atom stereocenters. The van der Waals surface area contributed by atoms with Crippen LogP contribution in [0.15, 0.2) is 54.6 Å². The minimum atomic E-state index is -1.40. The number of thiol groups is 1. The second-order valence-electron chi connectivity index (χ2n) is 14.1. The van der Waals surface area contributed by atoms with Crippen molar-refractivity contribution in [3.8, 4) is 5.75 Å². The molecule has 2 aromatic rings. The summed E-state index contributed by atoms with van der Waals surface area (Å²) in [5, 5.41) is 53.4. The lowest BCUT2D eigenvalue weighted by molar-refractivity contribution is -0.138. The lowest BCUT2D eigenvalue weighted by Gasteiger charge is -2.28. The predicted molar refractivity (Wildman–Crippen MR) is 220 cm³/mol. The maximum absolute atomic E-state index is 14.3. The molecule has 59 heavy (non-hydrogen) atoms. The quantitative estimate of drug-likeness (QED) is 0.0211. The van der Waals surface area contributed by atoms with E-state index >= 15 is 0 Å². The molecule has 2 aromatic carbocycles. The van der Waals surface area contributed by atoms with Crippen LogP contribution in [0.3, 0.4) is 0 Å². The number of aliphatic carboxylic acids is 1. The van der Waals surface area contributed by atoms with E-state index < -0.39 is 90.8 Å². The molecule has 0 fully saturated rings. The second-order valence-corrected chi connectivity index (χ2v) is 14.4. The Morgan fingerprint density at radius 3 is 1.69 bits per heavy atom. The lowest BCUT2D eigenvalue weighted by atomic mass is 10.00. The van der Waals surface area contributed by atoms with Gasteiger partial charge in [-0.2, -0.15) is 12.6 Å². The first-order chi connectivity index (χ1) is 27.9. The van der Waals surface area contributed by atoms with Crippen LogP contribution in [-0.2, 0) is 46.4 Å². The maximum atomic E-state index is 14.3. The molecule has 0 unspecified atom stereocenters. The molecule has 2 rings (SSSR count). The highest BCUT2D eigenvalue weighted by Crippen LogP contribution is 2.13. The van der Waals surface area contributed by atoms with Gasteiger partial charge in [-0.3, -0.25) is 39.0 Å². The first kappa shape index (κ1) is 49.2. The number of aliphatic hydroxyl groups excluding tert-OH is 1. The standard InChI is InChI=1S/C38H56N10O10S/c1-21(2)15-27(33(54)43-18-31(51)52)45-35(56)28(16-22-7-4-3-5-8-22)47-36(57)29(17-23-10-12-24(50)13-11-23)46-34(55)26(9-6-14-42-38(40)41)44-37(58)30(20-59)48-32(53)25(39)19-49/h3-5,7-8,10-13,21,25-30,49-50,59H,6,9,14-20,39H2,1-2H3,(H,43,54)(H,44,58)(H,45,56)(H,46,55)(H,47,57)(H,48,53)(H,51,52)(H4,40,41,42)/t25-,26-,27-,28-,29-,30-/m0/s1. The van der Waals surface area contributed by atoms with Gasteiger partial charge in [0.15, 0.2) is 5.96 Å². The zero-order chi connectivity index (χ0) is 44.1. The molecule has 0 aliphatic carbocycles. The maximum Gasteiger partial charge on any atom is 0.322 e. The molecular weight excluding hydrogens is 789 g/mol. The van der Waals surface area contributed by atoms with Crippen molar-refractivity contribution in [2.75, 3.05) is 25.4 Å². The normalized spacial score (nSPS) is 13.9. The van der Waals surface area contributed by atoms with Gasteiger partial charge in [-0.25, -0.2) is 0 Å². The van der Waals surface area contributed by atoms with Gasteiger partial charge in [0, 0.05) is 25.1 Å². The highest BCUT2D eigenvalue weighted by atomic mass is 32.1. The Balaban J connectivity index is 2.49. The second kappa shape index (κ2) is 25.4. The molecule has 0 saturated carbocycles. The molecule has 0 heterocycles. The van der Waals surface area contributed by atoms with Gasteiger partial charge in [-0.1, -0.05) is 56.3 Å². The number of aromatic hydroxyl groups is 1. The molecule has 0 aromatic heterocycles. The average Bonchev–Trinajstić information content (AvgIpc) is 3.19. The van der Waals surface area contributed by atoms with E-state index in [-0.39, 0.29) is 62.0 Å². The summed E-state index contributed by atoms with van der Waals surface area (Å²) in [7, 11) is 0. The molecule has 0 bridgehead atoms. The summed E-state index contributed by atoms with van der Waals surface area (Å²) in [6, 6.07) is 6.63. The number of phenolic OH excluding ortho intramolecular Hbond substituents is 1. The highest BCUT2D eigenvalue weighted by molar-refractivity contribution is 7.80. The van der Waals surface area contributed by atoms with Crippen LogP contribution < -0.4 is 48.7 Å². The first-order valence-corrected chi connectivity index (χ1v) is 19.5. The van der Waals surface area contributed by atoms with Gasteiger partial charge < -0.3 is 64.0 Å². The number of hydrogen-bond donors (Lipinski definition) is 14. The summed E-state index contributed by atoms with van der Waals surface area (Å²) < 4.78 is 0. The smallest absolute Gasteiger partial charge is 0.322 e. The molecule has 0 saturated heterocycles. The molecule has 324 valence electrons. The number of carboxylic acid groups (broad SMARTS) is 1. The third-order valence-corrected chi connectivity index (χ3v) is 9.01. The zero-order valence-electron chi connectivity index (χ0n) is 32.9. The average molecular weight is 845 g/mol. The van der Waals surface area contributed by atoms with Crippen molar-refractivity contribution < 1.29 is 48.9 Å². The molecule has 0 aliphatic rings. The predicted octanol–water partition coefficient (Wildman–Crippen LogP) is -2.64. The molecule has 20 nitrogen and oxygen atoms in total. The molecule has 15 N–H and O–H groups in total. The first-order valence-electron chi connectivity index (χ1n) is 18.8. The topological polar surface area (TPSA) is 340 Å². The summed E-state index contributed by atoms with van der Waals surface area (Å²) in [4.78, 5) is 92.0. The highest BCUT2D eigenvalue weighted by Gasteiger charge is 2.33. The third-order valence-electron chi connectivity index (χ3n) is 8.65. The monoisotopic (exact) mass is 844 g/mol. The van der Waals surface area contributed by atoms with Gasteiger partial charge in [0.05, 0.1) is 6.61 Å². The molecular formula is C38H56N10O10S. The van der Waals surface area contributed by atoms with E-state index in [0.717, 1.165) is 0 Å². The van der Waals surface area contributed by atoms with E-state index in [1.165, 1.54) is 24.3 Å². The number of guanidine groups is 1. The number of carbonyl (C=O) groups is 7. The van der Waals surface area contributed by atoms with Gasteiger partial charge in [0.1, 0.15) is 48.5 Å². The Morgan fingerprint density at radius 1 is 0.695 bits per heavy atom. The Kier molecular flexibility index (Phi) is 21.2. The number of carboxylic acids is 1. The van der Waals surface area contributed by atoms with Crippen LogP contribution in [0.25, 0.3) is 0 Å². The van der Waals surface area contributed by atoms with Crippen LogP contribution in [-0.4, -0.2) is 124 Å². The van der Waals surface area contributed by atoms with E-state index in [2.05, 4.69) is 49.8 Å². The van der Waals surface area contributed by atoms with Crippen molar-refractivity contribution in [1.82, 2.24) is 37.2 Å². The Morgan fingerprint density at radius 2 is 1.19 bits per heavy atom. The summed E-state index contributed by atoms with van der Waals surface area (Å²) >= 11 is 4.13. The Labute approximate surface area is 347 Å². The number of aliphatic hydroxyl groups is 1. The Bertz CT molecular complexity index is 1740. The van der Waals surface area contributed by atoms with Crippen LogP contribution in [0.2, 0.25) is 0 Å². The molecule has 0 aliphatic heterocycles.